The zero-order valence-corrected chi connectivity index (χ0v) is 13.8. The van der Waals surface area contributed by atoms with E-state index in [2.05, 4.69) is 20.7 Å². The van der Waals surface area contributed by atoms with E-state index in [0.717, 1.165) is 0 Å². The minimum atomic E-state index is -3.92. The van der Waals surface area contributed by atoms with Crippen molar-refractivity contribution >= 4 is 37.3 Å². The zero-order valence-electron chi connectivity index (χ0n) is 11.4. The van der Waals surface area contributed by atoms with Crippen LogP contribution in [0.4, 0.5) is 15.8 Å². The molecule has 0 heterocycles. The van der Waals surface area contributed by atoms with Gasteiger partial charge in [0.2, 0.25) is 0 Å². The second kappa shape index (κ2) is 5.65. The number of benzene rings is 2. The Morgan fingerprint density at radius 1 is 1.19 bits per heavy atom. The normalized spacial score (nSPS) is 11.4. The van der Waals surface area contributed by atoms with E-state index in [1.807, 2.05) is 0 Å². The number of nitrogens with two attached hydrogens (primary N) is 1. The van der Waals surface area contributed by atoms with E-state index in [1.54, 1.807) is 26.0 Å². The molecule has 0 saturated carbocycles. The van der Waals surface area contributed by atoms with E-state index in [4.69, 9.17) is 5.73 Å². The Morgan fingerprint density at radius 2 is 1.86 bits per heavy atom. The van der Waals surface area contributed by atoms with Crippen molar-refractivity contribution in [1.29, 1.82) is 0 Å². The molecule has 0 saturated heterocycles. The third kappa shape index (κ3) is 3.36. The Morgan fingerprint density at radius 3 is 2.48 bits per heavy atom. The number of nitrogens with one attached hydrogen (secondary N) is 1. The van der Waals surface area contributed by atoms with Crippen LogP contribution in [0.3, 0.4) is 0 Å². The number of nitrogen functional groups attached to an aromatic ring is 1. The summed E-state index contributed by atoms with van der Waals surface area (Å²) in [6.07, 6.45) is 0. The summed E-state index contributed by atoms with van der Waals surface area (Å²) in [5, 5.41) is 0. The first-order valence-corrected chi connectivity index (χ1v) is 8.33. The van der Waals surface area contributed by atoms with Gasteiger partial charge in [-0.3, -0.25) is 4.72 Å². The molecular weight excluding hydrogens is 359 g/mol. The van der Waals surface area contributed by atoms with Crippen molar-refractivity contribution in [2.75, 3.05) is 10.5 Å². The minimum absolute atomic E-state index is 0.00866. The number of sulfonamides is 1. The Bertz CT molecular complexity index is 807. The quantitative estimate of drug-likeness (QED) is 0.808. The summed E-state index contributed by atoms with van der Waals surface area (Å²) in [7, 11) is -3.92. The topological polar surface area (TPSA) is 72.2 Å². The molecule has 7 heteroatoms. The van der Waals surface area contributed by atoms with Crippen molar-refractivity contribution in [2.24, 2.45) is 0 Å². The molecule has 0 aliphatic carbocycles. The van der Waals surface area contributed by atoms with Gasteiger partial charge in [-0.15, -0.1) is 0 Å². The lowest BCUT2D eigenvalue weighted by atomic mass is 10.2. The molecule has 3 N–H and O–H groups in total. The predicted molar refractivity (Wildman–Crippen MR) is 85.2 cm³/mol. The summed E-state index contributed by atoms with van der Waals surface area (Å²) in [5.74, 6) is -0.626. The molecule has 0 unspecified atom stereocenters. The smallest absolute Gasteiger partial charge is 0.262 e. The molecular formula is C14H14BrFN2O2S. The van der Waals surface area contributed by atoms with Gasteiger partial charge in [0, 0.05) is 10.2 Å². The van der Waals surface area contributed by atoms with Crippen molar-refractivity contribution in [2.45, 2.75) is 18.7 Å². The van der Waals surface area contributed by atoms with E-state index in [9.17, 15) is 12.8 Å². The molecule has 0 radical (unpaired) electrons. The summed E-state index contributed by atoms with van der Waals surface area (Å²) in [5.41, 5.74) is 7.13. The third-order valence-electron chi connectivity index (χ3n) is 3.02. The number of anilines is 2. The molecule has 0 spiro atoms. The molecule has 112 valence electrons. The first-order chi connectivity index (χ1) is 9.70. The summed E-state index contributed by atoms with van der Waals surface area (Å²) < 4.78 is 41.4. The largest absolute Gasteiger partial charge is 0.398 e. The maximum absolute atomic E-state index is 13.8. The minimum Gasteiger partial charge on any atom is -0.398 e. The van der Waals surface area contributed by atoms with Gasteiger partial charge in [0.1, 0.15) is 5.82 Å². The summed E-state index contributed by atoms with van der Waals surface area (Å²) in [4.78, 5) is 0.00866. The number of halogens is 2. The van der Waals surface area contributed by atoms with E-state index < -0.39 is 15.8 Å². The van der Waals surface area contributed by atoms with Gasteiger partial charge in [-0.25, -0.2) is 12.8 Å². The Hall–Kier alpha value is -1.60. The maximum Gasteiger partial charge on any atom is 0.262 e. The van der Waals surface area contributed by atoms with E-state index >= 15 is 0 Å². The lowest BCUT2D eigenvalue weighted by Crippen LogP contribution is -2.16. The van der Waals surface area contributed by atoms with Gasteiger partial charge in [-0.2, -0.15) is 0 Å². The highest BCUT2D eigenvalue weighted by molar-refractivity contribution is 9.10. The van der Waals surface area contributed by atoms with Crippen LogP contribution in [0.25, 0.3) is 0 Å². The Balaban J connectivity index is 2.48. The van der Waals surface area contributed by atoms with E-state index in [0.29, 0.717) is 21.3 Å². The van der Waals surface area contributed by atoms with E-state index in [1.165, 1.54) is 18.2 Å². The summed E-state index contributed by atoms with van der Waals surface area (Å²) >= 11 is 3.20. The van der Waals surface area contributed by atoms with Crippen molar-refractivity contribution < 1.29 is 12.8 Å². The summed E-state index contributed by atoms with van der Waals surface area (Å²) in [6, 6.07) is 7.32. The SMILES string of the molecule is Cc1ccc(NS(=O)(=O)c2cc(Br)cc(N)c2C)c(F)c1. The van der Waals surface area contributed by atoms with Crippen molar-refractivity contribution in [3.05, 3.63) is 51.7 Å². The number of hydrogen-bond donors (Lipinski definition) is 2. The fourth-order valence-electron chi connectivity index (χ4n) is 1.86. The van der Waals surface area contributed by atoms with Gasteiger partial charge in [0.15, 0.2) is 0 Å². The molecule has 2 aromatic carbocycles. The summed E-state index contributed by atoms with van der Waals surface area (Å²) in [6.45, 7) is 3.32. The van der Waals surface area contributed by atoms with E-state index in [-0.39, 0.29) is 10.6 Å². The standard InChI is InChI=1S/C14H14BrFN2O2S/c1-8-3-4-13(11(16)5-8)18-21(19,20)14-7-10(15)6-12(17)9(14)2/h3-7,18H,17H2,1-2H3. The molecule has 2 aromatic rings. The van der Waals surface area contributed by atoms with Crippen molar-refractivity contribution in [1.82, 2.24) is 0 Å². The van der Waals surface area contributed by atoms with Crippen molar-refractivity contribution in [3.63, 3.8) is 0 Å². The van der Waals surface area contributed by atoms with Gasteiger partial charge in [0.25, 0.3) is 10.0 Å². The fourth-order valence-corrected chi connectivity index (χ4v) is 3.85. The highest BCUT2D eigenvalue weighted by Crippen LogP contribution is 2.28. The Labute approximate surface area is 131 Å². The van der Waals surface area contributed by atoms with Gasteiger partial charge in [-0.1, -0.05) is 22.0 Å². The molecule has 0 aliphatic heterocycles. The molecule has 21 heavy (non-hydrogen) atoms. The van der Waals surface area contributed by atoms with Crippen LogP contribution in [0.2, 0.25) is 0 Å². The van der Waals surface area contributed by atoms with Crippen LogP contribution in [0, 0.1) is 19.7 Å². The van der Waals surface area contributed by atoms with Crippen LogP contribution in [0.1, 0.15) is 11.1 Å². The molecule has 0 atom stereocenters. The zero-order chi connectivity index (χ0) is 15.8. The second-order valence-electron chi connectivity index (χ2n) is 4.71. The third-order valence-corrected chi connectivity index (χ3v) is 4.97. The lowest BCUT2D eigenvalue weighted by Gasteiger charge is -2.13. The fraction of sp³-hybridized carbons (Fsp3) is 0.143. The molecule has 0 fully saturated rings. The molecule has 2 rings (SSSR count). The highest BCUT2D eigenvalue weighted by atomic mass is 79.9. The molecule has 4 nitrogen and oxygen atoms in total. The van der Waals surface area contributed by atoms with Crippen LogP contribution in [0.5, 0.6) is 0 Å². The van der Waals surface area contributed by atoms with Crippen LogP contribution in [-0.4, -0.2) is 8.42 Å². The molecule has 0 bridgehead atoms. The van der Waals surface area contributed by atoms with Crippen LogP contribution in [-0.2, 0) is 10.0 Å². The second-order valence-corrected chi connectivity index (χ2v) is 7.27. The van der Waals surface area contributed by atoms with Gasteiger partial charge < -0.3 is 5.73 Å². The highest BCUT2D eigenvalue weighted by Gasteiger charge is 2.20. The molecule has 0 aromatic heterocycles. The first-order valence-electron chi connectivity index (χ1n) is 6.05. The number of hydrogen-bond acceptors (Lipinski definition) is 3. The Kier molecular flexibility index (Phi) is 4.25. The lowest BCUT2D eigenvalue weighted by molar-refractivity contribution is 0.598. The van der Waals surface area contributed by atoms with Gasteiger partial charge in [-0.05, 0) is 49.2 Å². The van der Waals surface area contributed by atoms with Gasteiger partial charge in [0.05, 0.1) is 10.6 Å². The molecule has 0 amide bonds. The number of rotatable bonds is 3. The average Bonchev–Trinajstić information content (AvgIpc) is 2.37. The van der Waals surface area contributed by atoms with Crippen molar-refractivity contribution in [3.8, 4) is 0 Å². The predicted octanol–water partition coefficient (Wildman–Crippen LogP) is 3.59. The van der Waals surface area contributed by atoms with Crippen LogP contribution in [0.15, 0.2) is 39.7 Å². The molecule has 0 aliphatic rings. The number of aryl methyl sites for hydroxylation is 1. The van der Waals surface area contributed by atoms with Crippen LogP contribution >= 0.6 is 15.9 Å². The maximum atomic E-state index is 13.8. The monoisotopic (exact) mass is 372 g/mol. The first kappa shape index (κ1) is 15.8. The van der Waals surface area contributed by atoms with Crippen LogP contribution < -0.4 is 10.5 Å². The van der Waals surface area contributed by atoms with Gasteiger partial charge >= 0.3 is 0 Å². The average molecular weight is 373 g/mol.